The molecule has 4 heteroatoms. The van der Waals surface area contributed by atoms with Crippen molar-refractivity contribution in [1.29, 1.82) is 0 Å². The van der Waals surface area contributed by atoms with Gasteiger partial charge in [-0.1, -0.05) is 34.6 Å². The van der Waals surface area contributed by atoms with E-state index in [-0.39, 0.29) is 16.6 Å². The van der Waals surface area contributed by atoms with Gasteiger partial charge in [-0.05, 0) is 24.2 Å². The Balaban J connectivity index is 2.29. The molecule has 0 saturated heterocycles. The van der Waals surface area contributed by atoms with Gasteiger partial charge in [-0.3, -0.25) is 4.68 Å². The zero-order valence-corrected chi connectivity index (χ0v) is 13.7. The predicted octanol–water partition coefficient (Wildman–Crippen LogP) is 3.99. The minimum atomic E-state index is -1.74. The Morgan fingerprint density at radius 2 is 2.00 bits per heavy atom. The average molecular weight is 266 g/mol. The average Bonchev–Trinajstić information content (AvgIpc) is 2.66. The Hall–Kier alpha value is -0.613. The summed E-state index contributed by atoms with van der Waals surface area (Å²) in [6.07, 6.45) is 2.06. The molecule has 1 atom stereocenters. The van der Waals surface area contributed by atoms with E-state index < -0.39 is 8.32 Å². The summed E-state index contributed by atoms with van der Waals surface area (Å²) in [7, 11) is -1.74. The molecule has 0 aromatic carbocycles. The zero-order chi connectivity index (χ0) is 13.8. The van der Waals surface area contributed by atoms with Gasteiger partial charge in [0.1, 0.15) is 0 Å². The van der Waals surface area contributed by atoms with E-state index in [1.165, 1.54) is 5.69 Å². The highest BCUT2D eigenvalue weighted by Gasteiger charge is 2.47. The second-order valence-corrected chi connectivity index (χ2v) is 12.4. The number of hydrogen-bond acceptors (Lipinski definition) is 2. The maximum atomic E-state index is 6.64. The van der Waals surface area contributed by atoms with Crippen molar-refractivity contribution >= 4 is 8.32 Å². The van der Waals surface area contributed by atoms with Crippen LogP contribution in [0.1, 0.15) is 46.4 Å². The van der Waals surface area contributed by atoms with Crippen LogP contribution in [0.3, 0.4) is 0 Å². The minimum absolute atomic E-state index is 0.138. The molecule has 0 fully saturated rings. The fraction of sp³-hybridized carbons (Fsp3) is 0.786. The summed E-state index contributed by atoms with van der Waals surface area (Å²) in [4.78, 5) is 0. The number of hydrogen-bond donors (Lipinski definition) is 0. The molecule has 1 aromatic rings. The smallest absolute Gasteiger partial charge is 0.193 e. The molecule has 2 heterocycles. The second-order valence-electron chi connectivity index (χ2n) is 7.66. The van der Waals surface area contributed by atoms with Crippen LogP contribution in [0, 0.1) is 5.41 Å². The highest BCUT2D eigenvalue weighted by molar-refractivity contribution is 6.74. The number of fused-ring (bicyclic) bond motifs is 1. The van der Waals surface area contributed by atoms with Crippen LogP contribution in [0.25, 0.3) is 0 Å². The molecule has 1 unspecified atom stereocenters. The third-order valence-electron chi connectivity index (χ3n) is 4.50. The molecule has 2 rings (SSSR count). The normalized spacial score (nSPS) is 23.2. The Morgan fingerprint density at radius 3 is 2.56 bits per heavy atom. The van der Waals surface area contributed by atoms with Crippen LogP contribution in [0.15, 0.2) is 12.3 Å². The maximum Gasteiger partial charge on any atom is 0.193 e. The Labute approximate surface area is 112 Å². The van der Waals surface area contributed by atoms with Crippen LogP contribution in [-0.2, 0) is 11.0 Å². The summed E-state index contributed by atoms with van der Waals surface area (Å²) in [5.74, 6) is 0. The molecule has 3 nitrogen and oxygen atoms in total. The zero-order valence-electron chi connectivity index (χ0n) is 12.7. The van der Waals surface area contributed by atoms with Gasteiger partial charge >= 0.3 is 0 Å². The predicted molar refractivity (Wildman–Crippen MR) is 77.0 cm³/mol. The molecule has 0 spiro atoms. The standard InChI is InChI=1S/C14H26N2OSi/c1-13(2,3)18(6,7)17-12-11-8-9-15-16(11)10-14(12,4)5/h8-9,12H,10H2,1-7H3. The summed E-state index contributed by atoms with van der Waals surface area (Å²) in [5.41, 5.74) is 1.38. The van der Waals surface area contributed by atoms with Crippen LogP contribution < -0.4 is 0 Å². The molecule has 0 bridgehead atoms. The molecule has 0 N–H and O–H groups in total. The van der Waals surface area contributed by atoms with Gasteiger partial charge in [-0.25, -0.2) is 0 Å². The van der Waals surface area contributed by atoms with Crippen molar-refractivity contribution in [2.75, 3.05) is 0 Å². The molecular weight excluding hydrogens is 240 g/mol. The molecule has 1 aliphatic heterocycles. The van der Waals surface area contributed by atoms with Gasteiger partial charge in [-0.15, -0.1) is 0 Å². The van der Waals surface area contributed by atoms with Crippen LogP contribution in [0.5, 0.6) is 0 Å². The summed E-state index contributed by atoms with van der Waals surface area (Å²) < 4.78 is 8.74. The molecule has 0 radical (unpaired) electrons. The fourth-order valence-corrected chi connectivity index (χ4v) is 3.64. The first kappa shape index (κ1) is 13.8. The molecule has 0 saturated carbocycles. The Bertz CT molecular complexity index is 443. The molecule has 0 aliphatic carbocycles. The van der Waals surface area contributed by atoms with Crippen molar-refractivity contribution in [3.63, 3.8) is 0 Å². The van der Waals surface area contributed by atoms with Gasteiger partial charge in [0.15, 0.2) is 8.32 Å². The van der Waals surface area contributed by atoms with E-state index >= 15 is 0 Å². The second kappa shape index (κ2) is 3.94. The van der Waals surface area contributed by atoms with Crippen molar-refractivity contribution < 1.29 is 4.43 Å². The van der Waals surface area contributed by atoms with Gasteiger partial charge in [0.25, 0.3) is 0 Å². The van der Waals surface area contributed by atoms with Gasteiger partial charge < -0.3 is 4.43 Å². The summed E-state index contributed by atoms with van der Waals surface area (Å²) in [5, 5.41) is 4.63. The first-order valence-electron chi connectivity index (χ1n) is 6.74. The lowest BCUT2D eigenvalue weighted by atomic mass is 9.88. The lowest BCUT2D eigenvalue weighted by Gasteiger charge is -2.41. The van der Waals surface area contributed by atoms with E-state index in [0.29, 0.717) is 0 Å². The monoisotopic (exact) mass is 266 g/mol. The quantitative estimate of drug-likeness (QED) is 0.757. The third kappa shape index (κ3) is 2.16. The number of rotatable bonds is 2. The molecule has 1 aliphatic rings. The maximum absolute atomic E-state index is 6.64. The molecular formula is C14H26N2OSi. The largest absolute Gasteiger partial charge is 0.408 e. The molecule has 1 aromatic heterocycles. The van der Waals surface area contributed by atoms with E-state index in [2.05, 4.69) is 63.6 Å². The van der Waals surface area contributed by atoms with Crippen LogP contribution in [-0.4, -0.2) is 18.1 Å². The molecule has 102 valence electrons. The van der Waals surface area contributed by atoms with E-state index in [4.69, 9.17) is 4.43 Å². The lowest BCUT2D eigenvalue weighted by Crippen LogP contribution is -2.43. The SMILES string of the molecule is CC1(C)Cn2nccc2C1O[Si](C)(C)C(C)(C)C. The third-order valence-corrected chi connectivity index (χ3v) is 8.94. The number of nitrogens with zero attached hydrogens (tertiary/aromatic N) is 2. The van der Waals surface area contributed by atoms with Gasteiger partial charge in [-0.2, -0.15) is 5.10 Å². The van der Waals surface area contributed by atoms with Crippen LogP contribution in [0.2, 0.25) is 18.1 Å². The van der Waals surface area contributed by atoms with Crippen LogP contribution in [0.4, 0.5) is 0 Å². The van der Waals surface area contributed by atoms with Crippen molar-refractivity contribution in [3.05, 3.63) is 18.0 Å². The van der Waals surface area contributed by atoms with Crippen molar-refractivity contribution in [2.24, 2.45) is 5.41 Å². The molecule has 0 amide bonds. The highest BCUT2D eigenvalue weighted by atomic mass is 28.4. The summed E-state index contributed by atoms with van der Waals surface area (Å²) >= 11 is 0. The van der Waals surface area contributed by atoms with E-state index in [1.54, 1.807) is 0 Å². The van der Waals surface area contributed by atoms with Gasteiger partial charge in [0.2, 0.25) is 0 Å². The molecule has 18 heavy (non-hydrogen) atoms. The summed E-state index contributed by atoms with van der Waals surface area (Å²) in [6, 6.07) is 2.10. The van der Waals surface area contributed by atoms with Crippen LogP contribution >= 0.6 is 0 Å². The van der Waals surface area contributed by atoms with E-state index in [9.17, 15) is 0 Å². The summed E-state index contributed by atoms with van der Waals surface area (Å²) in [6.45, 7) is 17.0. The minimum Gasteiger partial charge on any atom is -0.408 e. The van der Waals surface area contributed by atoms with Gasteiger partial charge in [0.05, 0.1) is 11.8 Å². The highest BCUT2D eigenvalue weighted by Crippen LogP contribution is 2.48. The number of aromatic nitrogens is 2. The van der Waals surface area contributed by atoms with E-state index in [1.807, 2.05) is 6.20 Å². The van der Waals surface area contributed by atoms with Crippen molar-refractivity contribution in [3.8, 4) is 0 Å². The Morgan fingerprint density at radius 1 is 1.39 bits per heavy atom. The first-order chi connectivity index (χ1) is 8.05. The van der Waals surface area contributed by atoms with Gasteiger partial charge in [0, 0.05) is 18.2 Å². The topological polar surface area (TPSA) is 27.1 Å². The van der Waals surface area contributed by atoms with E-state index in [0.717, 1.165) is 6.54 Å². The van der Waals surface area contributed by atoms with Crippen molar-refractivity contribution in [1.82, 2.24) is 9.78 Å². The fourth-order valence-electron chi connectivity index (χ4n) is 2.26. The van der Waals surface area contributed by atoms with Crippen molar-refractivity contribution in [2.45, 2.75) is 65.4 Å². The first-order valence-corrected chi connectivity index (χ1v) is 9.65. The Kier molecular flexibility index (Phi) is 3.02. The lowest BCUT2D eigenvalue weighted by molar-refractivity contribution is 0.0741.